The van der Waals surface area contributed by atoms with Crippen molar-refractivity contribution in [3.05, 3.63) is 0 Å². The number of rotatable bonds is 7. The Labute approximate surface area is 116 Å². The van der Waals surface area contributed by atoms with Crippen LogP contribution in [0.15, 0.2) is 0 Å². The van der Waals surface area contributed by atoms with E-state index in [0.29, 0.717) is 13.2 Å². The first-order chi connectivity index (χ1) is 9.74. The molecule has 0 N–H and O–H groups in total. The first-order valence-electron chi connectivity index (χ1n) is 6.44. The van der Waals surface area contributed by atoms with E-state index < -0.39 is 11.9 Å². The third-order valence-corrected chi connectivity index (χ3v) is 2.78. The van der Waals surface area contributed by atoms with Crippen LogP contribution in [-0.4, -0.2) is 64.2 Å². The summed E-state index contributed by atoms with van der Waals surface area (Å²) < 4.78 is 30.0. The highest BCUT2D eigenvalue weighted by molar-refractivity contribution is 5.77. The van der Waals surface area contributed by atoms with Crippen LogP contribution in [0.1, 0.15) is 12.8 Å². The standard InChI is InChI=1S/C12H18O8/c13-11(17-5-9-3-15-7-19-9)1-2-12(14)18-6-10-4-16-8-20-10/h9-10H,1-8H2. The molecule has 8 nitrogen and oxygen atoms in total. The lowest BCUT2D eigenvalue weighted by molar-refractivity contribution is -0.153. The lowest BCUT2D eigenvalue weighted by Crippen LogP contribution is -2.22. The van der Waals surface area contributed by atoms with Crippen molar-refractivity contribution in [1.82, 2.24) is 0 Å². The van der Waals surface area contributed by atoms with Gasteiger partial charge in [-0.25, -0.2) is 0 Å². The second kappa shape index (κ2) is 8.15. The topological polar surface area (TPSA) is 89.5 Å². The van der Waals surface area contributed by atoms with Gasteiger partial charge < -0.3 is 28.4 Å². The maximum atomic E-state index is 11.4. The van der Waals surface area contributed by atoms with Crippen LogP contribution in [0.4, 0.5) is 0 Å². The summed E-state index contributed by atoms with van der Waals surface area (Å²) in [6, 6.07) is 0. The van der Waals surface area contributed by atoms with Crippen molar-refractivity contribution in [1.29, 1.82) is 0 Å². The summed E-state index contributed by atoms with van der Waals surface area (Å²) in [6.45, 7) is 1.56. The number of carbonyl (C=O) groups excluding carboxylic acids is 2. The van der Waals surface area contributed by atoms with Gasteiger partial charge in [-0.3, -0.25) is 9.59 Å². The van der Waals surface area contributed by atoms with Crippen molar-refractivity contribution >= 4 is 11.9 Å². The molecule has 0 bridgehead atoms. The zero-order valence-corrected chi connectivity index (χ0v) is 11.1. The van der Waals surface area contributed by atoms with Gasteiger partial charge in [0.2, 0.25) is 0 Å². The first kappa shape index (κ1) is 15.2. The van der Waals surface area contributed by atoms with Crippen molar-refractivity contribution < 1.29 is 38.0 Å². The summed E-state index contributed by atoms with van der Waals surface area (Å²) in [5, 5.41) is 0. The normalized spacial score (nSPS) is 25.6. The molecule has 0 radical (unpaired) electrons. The van der Waals surface area contributed by atoms with Crippen molar-refractivity contribution in [2.24, 2.45) is 0 Å². The van der Waals surface area contributed by atoms with E-state index in [1.54, 1.807) is 0 Å². The maximum Gasteiger partial charge on any atom is 0.306 e. The average Bonchev–Trinajstić information content (AvgIpc) is 3.13. The predicted octanol–water partition coefficient (Wildman–Crippen LogP) is -0.401. The van der Waals surface area contributed by atoms with Crippen molar-refractivity contribution in [3.63, 3.8) is 0 Å². The molecular weight excluding hydrogens is 272 g/mol. The quantitative estimate of drug-likeness (QED) is 0.585. The SMILES string of the molecule is O=C(CCC(=O)OCC1COCO1)OCC1COCO1. The Morgan fingerprint density at radius 2 is 1.30 bits per heavy atom. The average molecular weight is 290 g/mol. The molecule has 2 atom stereocenters. The molecule has 0 aliphatic carbocycles. The van der Waals surface area contributed by atoms with Gasteiger partial charge in [-0.2, -0.15) is 0 Å². The van der Waals surface area contributed by atoms with Crippen LogP contribution in [0.3, 0.4) is 0 Å². The van der Waals surface area contributed by atoms with Crippen LogP contribution in [-0.2, 0) is 38.0 Å². The zero-order valence-electron chi connectivity index (χ0n) is 11.1. The minimum Gasteiger partial charge on any atom is -0.463 e. The molecule has 0 aromatic carbocycles. The smallest absolute Gasteiger partial charge is 0.306 e. The van der Waals surface area contributed by atoms with Gasteiger partial charge >= 0.3 is 11.9 Å². The highest BCUT2D eigenvalue weighted by atomic mass is 16.7. The molecule has 0 spiro atoms. The molecule has 114 valence electrons. The Hall–Kier alpha value is -1.22. The molecule has 0 amide bonds. The van der Waals surface area contributed by atoms with Gasteiger partial charge in [0.1, 0.15) is 39.0 Å². The monoisotopic (exact) mass is 290 g/mol. The molecule has 2 aliphatic heterocycles. The molecule has 0 saturated carbocycles. The van der Waals surface area contributed by atoms with Crippen LogP contribution in [0.25, 0.3) is 0 Å². The van der Waals surface area contributed by atoms with E-state index in [9.17, 15) is 9.59 Å². The van der Waals surface area contributed by atoms with Crippen LogP contribution >= 0.6 is 0 Å². The molecule has 2 heterocycles. The molecule has 2 rings (SSSR count). The van der Waals surface area contributed by atoms with Crippen LogP contribution < -0.4 is 0 Å². The fourth-order valence-electron chi connectivity index (χ4n) is 1.66. The molecule has 2 unspecified atom stereocenters. The van der Waals surface area contributed by atoms with Crippen LogP contribution in [0.2, 0.25) is 0 Å². The highest BCUT2D eigenvalue weighted by Gasteiger charge is 2.20. The van der Waals surface area contributed by atoms with Crippen LogP contribution in [0.5, 0.6) is 0 Å². The van der Waals surface area contributed by atoms with Gasteiger partial charge in [-0.1, -0.05) is 0 Å². The largest absolute Gasteiger partial charge is 0.463 e. The molecule has 2 fully saturated rings. The number of hydrogen-bond donors (Lipinski definition) is 0. The van der Waals surface area contributed by atoms with E-state index in [-0.39, 0.29) is 51.8 Å². The minimum atomic E-state index is -0.460. The van der Waals surface area contributed by atoms with Crippen LogP contribution in [0, 0.1) is 0 Å². The Balaban J connectivity index is 1.49. The van der Waals surface area contributed by atoms with E-state index in [2.05, 4.69) is 0 Å². The lowest BCUT2D eigenvalue weighted by atomic mass is 10.3. The van der Waals surface area contributed by atoms with Gasteiger partial charge in [-0.05, 0) is 0 Å². The Bertz CT molecular complexity index is 287. The van der Waals surface area contributed by atoms with E-state index in [0.717, 1.165) is 0 Å². The summed E-state index contributed by atoms with van der Waals surface area (Å²) in [5.41, 5.74) is 0. The highest BCUT2D eigenvalue weighted by Crippen LogP contribution is 2.06. The maximum absolute atomic E-state index is 11.4. The summed E-state index contributed by atoms with van der Waals surface area (Å²) >= 11 is 0. The summed E-state index contributed by atoms with van der Waals surface area (Å²) in [6.07, 6.45) is -0.473. The molecule has 2 saturated heterocycles. The van der Waals surface area contributed by atoms with Gasteiger partial charge in [0.15, 0.2) is 0 Å². The van der Waals surface area contributed by atoms with Crippen molar-refractivity contribution in [2.75, 3.05) is 40.0 Å². The molecule has 0 aromatic rings. The summed E-state index contributed by atoms with van der Waals surface area (Å²) in [5.74, 6) is -0.921. The number of esters is 2. The van der Waals surface area contributed by atoms with Crippen molar-refractivity contribution in [3.8, 4) is 0 Å². The number of carbonyl (C=O) groups is 2. The fourth-order valence-corrected chi connectivity index (χ4v) is 1.66. The summed E-state index contributed by atoms with van der Waals surface area (Å²) in [7, 11) is 0. The molecule has 0 aromatic heterocycles. The number of hydrogen-bond acceptors (Lipinski definition) is 8. The van der Waals surface area contributed by atoms with E-state index >= 15 is 0 Å². The third-order valence-electron chi connectivity index (χ3n) is 2.78. The Morgan fingerprint density at radius 3 is 1.65 bits per heavy atom. The minimum absolute atomic E-state index is 0.0194. The van der Waals surface area contributed by atoms with E-state index in [1.165, 1.54) is 0 Å². The van der Waals surface area contributed by atoms with Gasteiger partial charge in [0, 0.05) is 0 Å². The fraction of sp³-hybridized carbons (Fsp3) is 0.833. The summed E-state index contributed by atoms with van der Waals surface area (Å²) in [4.78, 5) is 22.8. The van der Waals surface area contributed by atoms with E-state index in [1.807, 2.05) is 0 Å². The second-order valence-corrected chi connectivity index (χ2v) is 4.42. The molecule has 8 heteroatoms. The van der Waals surface area contributed by atoms with E-state index in [4.69, 9.17) is 28.4 Å². The third kappa shape index (κ3) is 5.41. The first-order valence-corrected chi connectivity index (χ1v) is 6.44. The predicted molar refractivity (Wildman–Crippen MR) is 62.5 cm³/mol. The van der Waals surface area contributed by atoms with Gasteiger partial charge in [0.25, 0.3) is 0 Å². The number of ether oxygens (including phenoxy) is 6. The Kier molecular flexibility index (Phi) is 6.19. The van der Waals surface area contributed by atoms with Gasteiger partial charge in [-0.15, -0.1) is 0 Å². The second-order valence-electron chi connectivity index (χ2n) is 4.42. The molecular formula is C12H18O8. The van der Waals surface area contributed by atoms with Gasteiger partial charge in [0.05, 0.1) is 26.1 Å². The molecule has 2 aliphatic rings. The Morgan fingerprint density at radius 1 is 0.850 bits per heavy atom. The molecule has 20 heavy (non-hydrogen) atoms. The lowest BCUT2D eigenvalue weighted by Gasteiger charge is -2.10. The zero-order chi connectivity index (χ0) is 14.2. The van der Waals surface area contributed by atoms with Crippen molar-refractivity contribution in [2.45, 2.75) is 25.0 Å².